The van der Waals surface area contributed by atoms with Crippen LogP contribution in [0.15, 0.2) is 21.8 Å². The van der Waals surface area contributed by atoms with Gasteiger partial charge in [-0.2, -0.15) is 0 Å². The number of carbonyl (C=O) groups is 2. The van der Waals surface area contributed by atoms with Crippen LogP contribution in [0, 0.1) is 0 Å². The fraction of sp³-hybridized carbons (Fsp3) is 0.412. The average Bonchev–Trinajstić information content (AvgIpc) is 3.20. The van der Waals surface area contributed by atoms with Crippen molar-refractivity contribution in [3.63, 3.8) is 0 Å². The van der Waals surface area contributed by atoms with E-state index in [-0.39, 0.29) is 16.9 Å². The summed E-state index contributed by atoms with van der Waals surface area (Å²) < 4.78 is 26.2. The highest BCUT2D eigenvalue weighted by Crippen LogP contribution is 2.41. The SMILES string of the molecule is COCCNC(=O)NC(=O)CSc1nnc(-c2cc(OC)c(OC)c(OC)c2)o1. The number of urea groups is 1. The zero-order valence-electron chi connectivity index (χ0n) is 16.4. The second-order valence-electron chi connectivity index (χ2n) is 5.37. The molecule has 2 N–H and O–H groups in total. The molecule has 3 amide bonds. The van der Waals surface area contributed by atoms with Gasteiger partial charge in [0.05, 0.1) is 33.7 Å². The third-order valence-electron chi connectivity index (χ3n) is 3.49. The molecule has 2 rings (SSSR count). The molecule has 0 aliphatic rings. The predicted molar refractivity (Wildman–Crippen MR) is 104 cm³/mol. The molecule has 0 fully saturated rings. The number of ether oxygens (including phenoxy) is 4. The van der Waals surface area contributed by atoms with Crippen LogP contribution in [-0.4, -0.2) is 69.5 Å². The lowest BCUT2D eigenvalue weighted by Crippen LogP contribution is -2.41. The fourth-order valence-electron chi connectivity index (χ4n) is 2.19. The Morgan fingerprint density at radius 1 is 1.07 bits per heavy atom. The van der Waals surface area contributed by atoms with Crippen LogP contribution < -0.4 is 24.8 Å². The Labute approximate surface area is 171 Å². The summed E-state index contributed by atoms with van der Waals surface area (Å²) >= 11 is 0.998. The number of benzene rings is 1. The van der Waals surface area contributed by atoms with Crippen LogP contribution in [0.5, 0.6) is 17.2 Å². The van der Waals surface area contributed by atoms with Gasteiger partial charge in [0.1, 0.15) is 0 Å². The molecule has 0 aliphatic carbocycles. The minimum absolute atomic E-state index is 0.0748. The van der Waals surface area contributed by atoms with E-state index >= 15 is 0 Å². The highest BCUT2D eigenvalue weighted by molar-refractivity contribution is 7.99. The van der Waals surface area contributed by atoms with E-state index in [4.69, 9.17) is 23.4 Å². The van der Waals surface area contributed by atoms with Gasteiger partial charge in [-0.25, -0.2) is 4.79 Å². The molecule has 1 aromatic carbocycles. The summed E-state index contributed by atoms with van der Waals surface area (Å²) in [5, 5.41) is 12.7. The molecular formula is C17H22N4O7S. The van der Waals surface area contributed by atoms with Gasteiger partial charge in [0.25, 0.3) is 5.22 Å². The highest BCUT2D eigenvalue weighted by atomic mass is 32.2. The summed E-state index contributed by atoms with van der Waals surface area (Å²) in [7, 11) is 6.02. The zero-order chi connectivity index (χ0) is 21.2. The summed E-state index contributed by atoms with van der Waals surface area (Å²) in [6.45, 7) is 0.645. The molecule has 0 atom stereocenters. The number of nitrogens with zero attached hydrogens (tertiary/aromatic N) is 2. The van der Waals surface area contributed by atoms with E-state index in [0.29, 0.717) is 36.0 Å². The number of imide groups is 1. The lowest BCUT2D eigenvalue weighted by Gasteiger charge is -2.12. The molecule has 0 spiro atoms. The number of nitrogens with one attached hydrogen (secondary N) is 2. The molecule has 12 heteroatoms. The maximum Gasteiger partial charge on any atom is 0.321 e. The number of aromatic nitrogens is 2. The number of carbonyl (C=O) groups excluding carboxylic acids is 2. The quantitative estimate of drug-likeness (QED) is 0.423. The third kappa shape index (κ3) is 6.26. The molecule has 29 heavy (non-hydrogen) atoms. The molecule has 0 bridgehead atoms. The van der Waals surface area contributed by atoms with Gasteiger partial charge in [0, 0.05) is 19.2 Å². The summed E-state index contributed by atoms with van der Waals surface area (Å²) in [4.78, 5) is 23.3. The Morgan fingerprint density at radius 3 is 2.34 bits per heavy atom. The highest BCUT2D eigenvalue weighted by Gasteiger charge is 2.18. The largest absolute Gasteiger partial charge is 0.493 e. The van der Waals surface area contributed by atoms with Crippen LogP contribution in [0.4, 0.5) is 4.79 Å². The Morgan fingerprint density at radius 2 is 1.76 bits per heavy atom. The van der Waals surface area contributed by atoms with Crippen molar-refractivity contribution in [1.29, 1.82) is 0 Å². The maximum absolute atomic E-state index is 11.8. The van der Waals surface area contributed by atoms with Crippen molar-refractivity contribution in [2.45, 2.75) is 5.22 Å². The summed E-state index contributed by atoms with van der Waals surface area (Å²) in [6.07, 6.45) is 0. The van der Waals surface area contributed by atoms with Gasteiger partial charge in [-0.3, -0.25) is 10.1 Å². The number of hydrogen-bond donors (Lipinski definition) is 2. The molecule has 1 heterocycles. The lowest BCUT2D eigenvalue weighted by atomic mass is 10.2. The first-order valence-corrected chi connectivity index (χ1v) is 9.34. The average molecular weight is 426 g/mol. The van der Waals surface area contributed by atoms with E-state index in [1.54, 1.807) is 12.1 Å². The fourth-order valence-corrected chi connectivity index (χ4v) is 2.75. The summed E-state index contributed by atoms with van der Waals surface area (Å²) in [6, 6.07) is 2.73. The number of hydrogen-bond acceptors (Lipinski definition) is 10. The van der Waals surface area contributed by atoms with E-state index in [9.17, 15) is 9.59 Å². The first-order chi connectivity index (χ1) is 14.0. The van der Waals surface area contributed by atoms with Crippen molar-refractivity contribution in [3.8, 4) is 28.7 Å². The molecule has 1 aromatic heterocycles. The number of amides is 3. The van der Waals surface area contributed by atoms with E-state index in [1.807, 2.05) is 0 Å². The van der Waals surface area contributed by atoms with Crippen LogP contribution in [0.1, 0.15) is 0 Å². The molecular weight excluding hydrogens is 404 g/mol. The summed E-state index contributed by atoms with van der Waals surface area (Å²) in [5.41, 5.74) is 0.556. The second kappa shape index (κ2) is 11.1. The van der Waals surface area contributed by atoms with Gasteiger partial charge < -0.3 is 28.7 Å². The first kappa shape index (κ1) is 22.3. The lowest BCUT2D eigenvalue weighted by molar-refractivity contribution is -0.117. The Hall–Kier alpha value is -2.99. The smallest absolute Gasteiger partial charge is 0.321 e. The van der Waals surface area contributed by atoms with E-state index in [0.717, 1.165) is 11.8 Å². The van der Waals surface area contributed by atoms with Crippen LogP contribution in [0.3, 0.4) is 0 Å². The summed E-state index contributed by atoms with van der Waals surface area (Å²) in [5.74, 6) is 0.950. The monoisotopic (exact) mass is 426 g/mol. The zero-order valence-corrected chi connectivity index (χ0v) is 17.3. The van der Waals surface area contributed by atoms with Crippen LogP contribution >= 0.6 is 11.8 Å². The van der Waals surface area contributed by atoms with Gasteiger partial charge in [0.15, 0.2) is 11.5 Å². The van der Waals surface area contributed by atoms with Crippen molar-refractivity contribution in [2.24, 2.45) is 0 Å². The van der Waals surface area contributed by atoms with Gasteiger partial charge >= 0.3 is 6.03 Å². The number of methoxy groups -OCH3 is 4. The molecule has 2 aromatic rings. The molecule has 0 radical (unpaired) electrons. The topological polar surface area (TPSA) is 134 Å². The molecule has 0 unspecified atom stereocenters. The van der Waals surface area contributed by atoms with Crippen molar-refractivity contribution in [2.75, 3.05) is 47.3 Å². The minimum atomic E-state index is -0.601. The van der Waals surface area contributed by atoms with Crippen molar-refractivity contribution in [3.05, 3.63) is 12.1 Å². The van der Waals surface area contributed by atoms with Gasteiger partial charge in [0.2, 0.25) is 17.5 Å². The van der Waals surface area contributed by atoms with Gasteiger partial charge in [-0.1, -0.05) is 11.8 Å². The minimum Gasteiger partial charge on any atom is -0.493 e. The molecule has 0 saturated carbocycles. The Balaban J connectivity index is 1.99. The first-order valence-electron chi connectivity index (χ1n) is 8.35. The van der Waals surface area contributed by atoms with Crippen molar-refractivity contribution >= 4 is 23.7 Å². The van der Waals surface area contributed by atoms with E-state index in [2.05, 4.69) is 20.8 Å². The van der Waals surface area contributed by atoms with Crippen LogP contribution in [-0.2, 0) is 9.53 Å². The van der Waals surface area contributed by atoms with Crippen molar-refractivity contribution in [1.82, 2.24) is 20.8 Å². The molecule has 0 aliphatic heterocycles. The molecule has 158 valence electrons. The van der Waals surface area contributed by atoms with E-state index in [1.165, 1.54) is 28.4 Å². The second-order valence-corrected chi connectivity index (χ2v) is 6.30. The molecule has 11 nitrogen and oxygen atoms in total. The Kier molecular flexibility index (Phi) is 8.55. The van der Waals surface area contributed by atoms with Gasteiger partial charge in [-0.05, 0) is 12.1 Å². The van der Waals surface area contributed by atoms with Crippen LogP contribution in [0.2, 0.25) is 0 Å². The van der Waals surface area contributed by atoms with Crippen LogP contribution in [0.25, 0.3) is 11.5 Å². The number of thioether (sulfide) groups is 1. The van der Waals surface area contributed by atoms with Crippen molar-refractivity contribution < 1.29 is 33.0 Å². The van der Waals surface area contributed by atoms with Gasteiger partial charge in [-0.15, -0.1) is 10.2 Å². The maximum atomic E-state index is 11.8. The Bertz CT molecular complexity index is 818. The molecule has 0 saturated heterocycles. The standard InChI is InChI=1S/C17H22N4O7S/c1-24-6-5-18-16(23)19-13(22)9-29-17-21-20-15(28-17)10-7-11(25-2)14(27-4)12(8-10)26-3/h7-8H,5-6,9H2,1-4H3,(H2,18,19,22,23). The third-order valence-corrected chi connectivity index (χ3v) is 4.31. The predicted octanol–water partition coefficient (Wildman–Crippen LogP) is 1.33. The normalized spacial score (nSPS) is 10.3. The number of rotatable bonds is 10. The van der Waals surface area contributed by atoms with E-state index < -0.39 is 11.9 Å².